The van der Waals surface area contributed by atoms with Crippen LogP contribution in [0.4, 0.5) is 11.9 Å². The normalized spacial score (nSPS) is 12.9. The highest BCUT2D eigenvalue weighted by Crippen LogP contribution is 2.18. The van der Waals surface area contributed by atoms with E-state index in [9.17, 15) is 9.59 Å². The Balaban J connectivity index is 1.67. The highest BCUT2D eigenvalue weighted by molar-refractivity contribution is 5.76. The smallest absolute Gasteiger partial charge is 0.282 e. The van der Waals surface area contributed by atoms with Crippen LogP contribution in [-0.4, -0.2) is 39.8 Å². The molecule has 0 radical (unpaired) electrons. The van der Waals surface area contributed by atoms with E-state index in [-0.39, 0.29) is 29.2 Å². The fraction of sp³-hybridized carbons (Fsp3) is 0.421. The van der Waals surface area contributed by atoms with Crippen molar-refractivity contribution in [3.05, 3.63) is 39.3 Å². The van der Waals surface area contributed by atoms with Crippen molar-refractivity contribution in [3.63, 3.8) is 0 Å². The molecule has 0 fully saturated rings. The zero-order valence-electron chi connectivity index (χ0n) is 17.6. The van der Waals surface area contributed by atoms with Gasteiger partial charge < -0.3 is 20.2 Å². The molecule has 1 unspecified atom stereocenters. The van der Waals surface area contributed by atoms with Gasteiger partial charge in [0.15, 0.2) is 11.2 Å². The third kappa shape index (κ3) is 2.93. The van der Waals surface area contributed by atoms with Gasteiger partial charge in [-0.15, -0.1) is 0 Å². The summed E-state index contributed by atoms with van der Waals surface area (Å²) in [5.41, 5.74) is 6.89. The second kappa shape index (κ2) is 7.01. The van der Waals surface area contributed by atoms with Gasteiger partial charge in [-0.25, -0.2) is 4.98 Å². The Kier molecular flexibility index (Phi) is 4.60. The summed E-state index contributed by atoms with van der Waals surface area (Å²) in [5.74, 6) is 0.602. The van der Waals surface area contributed by atoms with Gasteiger partial charge in [0, 0.05) is 38.9 Å². The zero-order valence-corrected chi connectivity index (χ0v) is 17.6. The summed E-state index contributed by atoms with van der Waals surface area (Å²) in [7, 11) is 3.25. The first-order valence-corrected chi connectivity index (χ1v) is 9.71. The van der Waals surface area contributed by atoms with E-state index in [1.807, 2.05) is 36.1 Å². The Hall–Kier alpha value is -3.63. The summed E-state index contributed by atoms with van der Waals surface area (Å²) in [6.07, 6.45) is 3.45. The molecule has 0 amide bonds. The van der Waals surface area contributed by atoms with Crippen LogP contribution in [0.25, 0.3) is 22.2 Å². The lowest BCUT2D eigenvalue weighted by Crippen LogP contribution is -2.26. The number of fused-ring (bicyclic) bond motifs is 2. The molecular weight excluding hydrogens is 386 g/mol. The number of hydrogen-bond donors (Lipinski definition) is 2. The molecule has 3 N–H and O–H groups in total. The van der Waals surface area contributed by atoms with Gasteiger partial charge in [-0.1, -0.05) is 0 Å². The molecule has 0 saturated carbocycles. The molecule has 0 bridgehead atoms. The van der Waals surface area contributed by atoms with Crippen molar-refractivity contribution in [3.8, 4) is 0 Å². The molecule has 0 aliphatic carbocycles. The number of aromatic nitrogens is 7. The Morgan fingerprint density at radius 3 is 2.47 bits per heavy atom. The predicted molar refractivity (Wildman–Crippen MR) is 116 cm³/mol. The standard InChI is InChI=1S/C19H25N9O2/c1-10(2)28-9-22-13-15(28)24-19(26(5)17(13)30)21-8-11(3)27-7-6-12-14(27)23-18(20)25(4)16(12)29/h6-7,9-11H,8H2,1-5H3,(H2,20,23)(H,21,24). The summed E-state index contributed by atoms with van der Waals surface area (Å²) in [6.45, 7) is 6.46. The quantitative estimate of drug-likeness (QED) is 0.501. The maximum Gasteiger partial charge on any atom is 0.282 e. The lowest BCUT2D eigenvalue weighted by atomic mass is 10.3. The van der Waals surface area contributed by atoms with Crippen LogP contribution in [0.15, 0.2) is 28.2 Å². The Labute approximate surface area is 171 Å². The zero-order chi connectivity index (χ0) is 21.7. The number of hydrogen-bond acceptors (Lipinski definition) is 7. The molecule has 1 atom stereocenters. The molecule has 0 saturated heterocycles. The van der Waals surface area contributed by atoms with E-state index in [0.29, 0.717) is 34.7 Å². The molecule has 11 heteroatoms. The van der Waals surface area contributed by atoms with E-state index in [2.05, 4.69) is 20.3 Å². The second-order valence-electron chi connectivity index (χ2n) is 7.74. The Morgan fingerprint density at radius 1 is 1.03 bits per heavy atom. The summed E-state index contributed by atoms with van der Waals surface area (Å²) in [6, 6.07) is 1.79. The molecular formula is C19H25N9O2. The maximum atomic E-state index is 12.7. The molecule has 158 valence electrons. The van der Waals surface area contributed by atoms with Crippen molar-refractivity contribution in [2.24, 2.45) is 14.1 Å². The minimum absolute atomic E-state index is 0.0795. The number of nitrogens with zero attached hydrogens (tertiary/aromatic N) is 7. The Morgan fingerprint density at radius 2 is 1.77 bits per heavy atom. The summed E-state index contributed by atoms with van der Waals surface area (Å²) >= 11 is 0. The molecule has 0 aromatic carbocycles. The molecule has 4 heterocycles. The highest BCUT2D eigenvalue weighted by Gasteiger charge is 2.17. The van der Waals surface area contributed by atoms with Crippen molar-refractivity contribution >= 4 is 34.1 Å². The van der Waals surface area contributed by atoms with Crippen LogP contribution in [0.1, 0.15) is 32.9 Å². The van der Waals surface area contributed by atoms with E-state index in [1.165, 1.54) is 9.13 Å². The van der Waals surface area contributed by atoms with Crippen LogP contribution in [0.3, 0.4) is 0 Å². The number of nitrogen functional groups attached to an aromatic ring is 1. The van der Waals surface area contributed by atoms with Gasteiger partial charge in [0.25, 0.3) is 11.1 Å². The molecule has 0 aliphatic rings. The van der Waals surface area contributed by atoms with Crippen LogP contribution in [0.5, 0.6) is 0 Å². The maximum absolute atomic E-state index is 12.7. The molecule has 0 spiro atoms. The second-order valence-corrected chi connectivity index (χ2v) is 7.74. The molecule has 4 aromatic heterocycles. The van der Waals surface area contributed by atoms with E-state index < -0.39 is 0 Å². The van der Waals surface area contributed by atoms with E-state index in [4.69, 9.17) is 5.73 Å². The number of anilines is 2. The molecule has 4 aromatic rings. The van der Waals surface area contributed by atoms with Crippen LogP contribution in [0.2, 0.25) is 0 Å². The topological polar surface area (TPSA) is 131 Å². The van der Waals surface area contributed by atoms with E-state index >= 15 is 0 Å². The number of imidazole rings is 1. The van der Waals surface area contributed by atoms with Gasteiger partial charge in [0.2, 0.25) is 11.9 Å². The first-order chi connectivity index (χ1) is 14.2. The fourth-order valence-electron chi connectivity index (χ4n) is 3.47. The number of nitrogens with one attached hydrogen (secondary N) is 1. The van der Waals surface area contributed by atoms with E-state index in [0.717, 1.165) is 0 Å². The summed E-state index contributed by atoms with van der Waals surface area (Å²) < 4.78 is 6.53. The average molecular weight is 411 g/mol. The average Bonchev–Trinajstić information content (AvgIpc) is 3.32. The third-order valence-corrected chi connectivity index (χ3v) is 5.38. The molecule has 0 aliphatic heterocycles. The number of rotatable bonds is 5. The molecule has 30 heavy (non-hydrogen) atoms. The lowest BCUT2D eigenvalue weighted by Gasteiger charge is -2.18. The van der Waals surface area contributed by atoms with Gasteiger partial charge in [-0.3, -0.25) is 18.7 Å². The van der Waals surface area contributed by atoms with Crippen molar-refractivity contribution in [1.29, 1.82) is 0 Å². The van der Waals surface area contributed by atoms with Gasteiger partial charge in [0.1, 0.15) is 5.65 Å². The van der Waals surface area contributed by atoms with Crippen LogP contribution in [-0.2, 0) is 14.1 Å². The molecule has 4 rings (SSSR count). The van der Waals surface area contributed by atoms with Crippen LogP contribution >= 0.6 is 0 Å². The largest absolute Gasteiger partial charge is 0.369 e. The van der Waals surface area contributed by atoms with Crippen LogP contribution in [0, 0.1) is 0 Å². The summed E-state index contributed by atoms with van der Waals surface area (Å²) in [4.78, 5) is 38.3. The van der Waals surface area contributed by atoms with Gasteiger partial charge >= 0.3 is 0 Å². The number of nitrogens with two attached hydrogens (primary N) is 1. The van der Waals surface area contributed by atoms with Crippen molar-refractivity contribution in [2.75, 3.05) is 17.6 Å². The highest BCUT2D eigenvalue weighted by atomic mass is 16.1. The van der Waals surface area contributed by atoms with Crippen molar-refractivity contribution < 1.29 is 0 Å². The van der Waals surface area contributed by atoms with Gasteiger partial charge in [0.05, 0.1) is 11.7 Å². The van der Waals surface area contributed by atoms with Crippen molar-refractivity contribution in [2.45, 2.75) is 32.9 Å². The van der Waals surface area contributed by atoms with Crippen molar-refractivity contribution in [1.82, 2.24) is 33.2 Å². The minimum Gasteiger partial charge on any atom is -0.369 e. The van der Waals surface area contributed by atoms with Gasteiger partial charge in [-0.05, 0) is 26.8 Å². The van der Waals surface area contributed by atoms with Crippen LogP contribution < -0.4 is 22.2 Å². The lowest BCUT2D eigenvalue weighted by molar-refractivity contribution is 0.583. The fourth-order valence-corrected chi connectivity index (χ4v) is 3.47. The molecule has 11 nitrogen and oxygen atoms in total. The first kappa shape index (κ1) is 19.7. The minimum atomic E-state index is -0.209. The SMILES string of the molecule is CC(C)n1cnc2c(=O)n(C)c(NCC(C)n3ccc4c(=O)n(C)c(N)nc43)nc21. The third-order valence-electron chi connectivity index (χ3n) is 5.38. The van der Waals surface area contributed by atoms with Gasteiger partial charge in [-0.2, -0.15) is 9.97 Å². The monoisotopic (exact) mass is 411 g/mol. The Bertz CT molecular complexity index is 1370. The van der Waals surface area contributed by atoms with E-state index in [1.54, 1.807) is 26.5 Å². The first-order valence-electron chi connectivity index (χ1n) is 9.71. The predicted octanol–water partition coefficient (Wildman–Crippen LogP) is 1.01. The summed E-state index contributed by atoms with van der Waals surface area (Å²) in [5, 5.41) is 3.75.